The minimum Gasteiger partial charge on any atom is -0.844 e. The molecule has 20 nitrogen and oxygen atoms in total. The average Bonchev–Trinajstić information content (AvgIpc) is 3.01. The Morgan fingerprint density at radius 2 is 1.09 bits per heavy atom. The minimum absolute atomic E-state index is 0.0356. The molecule has 0 fully saturated rings. The Hall–Kier alpha value is -4.28. The van der Waals surface area contributed by atoms with E-state index in [1.807, 2.05) is 4.98 Å². The predicted molar refractivity (Wildman–Crippen MR) is 153 cm³/mol. The molecule has 20 heteroatoms. The summed E-state index contributed by atoms with van der Waals surface area (Å²) in [5.41, 5.74) is -0.612. The largest absolute Gasteiger partial charge is 0.844 e. The van der Waals surface area contributed by atoms with Crippen LogP contribution in [-0.4, -0.2) is 130 Å². The predicted octanol–water partition coefficient (Wildman–Crippen LogP) is -5.97. The van der Waals surface area contributed by atoms with Crippen molar-refractivity contribution in [2.24, 2.45) is 0 Å². The van der Waals surface area contributed by atoms with Crippen LogP contribution in [0.15, 0.2) is 14.4 Å². The molecule has 0 radical (unpaired) electrons. The van der Waals surface area contributed by atoms with Crippen molar-refractivity contribution in [2.75, 3.05) is 13.2 Å². The smallest absolute Gasteiger partial charge is 0.349 e. The van der Waals surface area contributed by atoms with Gasteiger partial charge in [-0.05, 0) is 27.7 Å². The molecule has 4 heterocycles. The first kappa shape index (κ1) is 36.2. The molecule has 0 amide bonds. The molecule has 4 aliphatic rings. The number of nitrogens with zero attached hydrogens (tertiary/aromatic N) is 7. The summed E-state index contributed by atoms with van der Waals surface area (Å²) in [7, 11) is 0. The van der Waals surface area contributed by atoms with E-state index >= 15 is 0 Å². The third-order valence-corrected chi connectivity index (χ3v) is 7.29. The zero-order chi connectivity index (χ0) is 34.6. The molecule has 9 N–H and O–H groups in total. The Morgan fingerprint density at radius 3 is 1.54 bits per heavy atom. The highest BCUT2D eigenvalue weighted by Gasteiger charge is 2.29. The van der Waals surface area contributed by atoms with Crippen molar-refractivity contribution in [1.29, 1.82) is 0 Å². The Bertz CT molecular complexity index is 1780. The third kappa shape index (κ3) is 7.74. The highest BCUT2D eigenvalue weighted by Crippen LogP contribution is 2.20. The van der Waals surface area contributed by atoms with Gasteiger partial charge in [0.25, 0.3) is 11.1 Å². The number of aryl methyl sites for hydroxylation is 2. The first-order valence-electron chi connectivity index (χ1n) is 13.7. The lowest BCUT2D eigenvalue weighted by Crippen LogP contribution is -2.42. The fraction of sp³-hybridized carbons (Fsp3) is 0.538. The van der Waals surface area contributed by atoms with E-state index in [0.29, 0.717) is 22.8 Å². The van der Waals surface area contributed by atoms with Crippen LogP contribution in [0.3, 0.4) is 0 Å². The molecule has 252 valence electrons. The molecule has 0 aromatic rings. The zero-order valence-corrected chi connectivity index (χ0v) is 25.1. The van der Waals surface area contributed by atoms with E-state index in [1.165, 1.54) is 9.13 Å². The van der Waals surface area contributed by atoms with Gasteiger partial charge in [-0.25, -0.2) is 24.7 Å². The second-order valence-electron chi connectivity index (χ2n) is 10.4. The molecule has 0 unspecified atom stereocenters. The van der Waals surface area contributed by atoms with Crippen molar-refractivity contribution < 1.29 is 46.0 Å². The summed E-state index contributed by atoms with van der Waals surface area (Å²) in [4.78, 5) is 55.7. The van der Waals surface area contributed by atoms with Crippen LogP contribution in [-0.2, 0) is 13.1 Å². The fourth-order valence-corrected chi connectivity index (χ4v) is 4.39. The van der Waals surface area contributed by atoms with Gasteiger partial charge < -0.3 is 55.1 Å². The topological polar surface area (TPSA) is 326 Å². The second-order valence-corrected chi connectivity index (χ2v) is 10.4. The molecule has 46 heavy (non-hydrogen) atoms. The Morgan fingerprint density at radius 1 is 0.652 bits per heavy atom. The monoisotopic (exact) mass is 651 g/mol. The lowest BCUT2D eigenvalue weighted by Gasteiger charge is -2.26. The van der Waals surface area contributed by atoms with Crippen molar-refractivity contribution in [3.63, 3.8) is 0 Å². The molecule has 0 aliphatic carbocycles. The van der Waals surface area contributed by atoms with Crippen LogP contribution in [0.5, 0.6) is 6.01 Å². The molecule has 0 spiro atoms. The number of nitrogens with one attached hydrogen (secondary N) is 1. The van der Waals surface area contributed by atoms with Gasteiger partial charge in [0.15, 0.2) is 23.0 Å². The molecule has 4 aliphatic heterocycles. The molecule has 0 bridgehead atoms. The van der Waals surface area contributed by atoms with Gasteiger partial charge in [-0.2, -0.15) is 4.98 Å². The Kier molecular flexibility index (Phi) is 11.7. The maximum atomic E-state index is 11.8. The maximum Gasteiger partial charge on any atom is 0.349 e. The zero-order valence-electron chi connectivity index (χ0n) is 25.1. The van der Waals surface area contributed by atoms with E-state index in [0.717, 1.165) is 0 Å². The van der Waals surface area contributed by atoms with E-state index < -0.39 is 72.7 Å². The van der Waals surface area contributed by atoms with Crippen LogP contribution in [0.25, 0.3) is 23.0 Å². The normalized spacial score (nSPS) is 15.6. The van der Waals surface area contributed by atoms with E-state index in [1.54, 1.807) is 27.7 Å². The van der Waals surface area contributed by atoms with Crippen LogP contribution in [0.2, 0.25) is 0 Å². The quantitative estimate of drug-likeness (QED) is 0.0770. The van der Waals surface area contributed by atoms with Crippen molar-refractivity contribution in [3.05, 3.63) is 54.0 Å². The van der Waals surface area contributed by atoms with Gasteiger partial charge in [0.2, 0.25) is 0 Å². The molecule has 0 aromatic heterocycles. The van der Waals surface area contributed by atoms with Crippen molar-refractivity contribution in [1.82, 2.24) is 39.0 Å². The number of hydrogen-bond acceptors (Lipinski definition) is 17. The van der Waals surface area contributed by atoms with Gasteiger partial charge in [-0.1, -0.05) is 0 Å². The van der Waals surface area contributed by atoms with Gasteiger partial charge in [0.05, 0.1) is 43.7 Å². The molecule has 0 saturated heterocycles. The van der Waals surface area contributed by atoms with E-state index in [4.69, 9.17) is 10.2 Å². The molecule has 0 aromatic carbocycles. The lowest BCUT2D eigenvalue weighted by molar-refractivity contribution is -0.282. The van der Waals surface area contributed by atoms with Gasteiger partial charge >= 0.3 is 5.69 Å². The minimum atomic E-state index is -1.62. The summed E-state index contributed by atoms with van der Waals surface area (Å²) in [6.07, 6.45) is -9.20. The van der Waals surface area contributed by atoms with Crippen LogP contribution in [0, 0.1) is 27.7 Å². The number of hydrogen-bond donors (Lipinski definition) is 9. The van der Waals surface area contributed by atoms with E-state index in [-0.39, 0.29) is 36.1 Å². The van der Waals surface area contributed by atoms with Gasteiger partial charge in [-0.15, -0.1) is 0 Å². The van der Waals surface area contributed by atoms with Crippen LogP contribution in [0.1, 0.15) is 22.8 Å². The summed E-state index contributed by atoms with van der Waals surface area (Å²) < 4.78 is 2.71. The molecule has 4 rings (SSSR count). The standard InChI is InChI=1S/2C13H18N4O6/c2*1-5-6(2)17(3-7(19)10(21)8(20)4-18)11-9(14-5)12(22)16-13(23)15-11/h2*7-8,10,18-21H,3-4H2,1-2H3,(H,16,22,23)/p-1/t2*7-,8+,10-/m00/s1. The second kappa shape index (κ2) is 14.9. The maximum absolute atomic E-state index is 11.8. The molecule has 0 saturated carbocycles. The average molecular weight is 652 g/mol. The van der Waals surface area contributed by atoms with Gasteiger partial charge in [-0.3, -0.25) is 14.6 Å². The summed E-state index contributed by atoms with van der Waals surface area (Å²) in [5.74, 6) is -0.102. The van der Waals surface area contributed by atoms with Crippen LogP contribution in [0.4, 0.5) is 0 Å². The lowest BCUT2D eigenvalue weighted by atomic mass is 10.1. The van der Waals surface area contributed by atoms with E-state index in [9.17, 15) is 50.1 Å². The highest BCUT2D eigenvalue weighted by molar-refractivity contribution is 5.52. The number of aromatic amines is 1. The van der Waals surface area contributed by atoms with E-state index in [2.05, 4.69) is 24.9 Å². The first-order chi connectivity index (χ1) is 21.5. The van der Waals surface area contributed by atoms with Crippen molar-refractivity contribution in [3.8, 4) is 29.0 Å². The highest BCUT2D eigenvalue weighted by atomic mass is 16.4. The summed E-state index contributed by atoms with van der Waals surface area (Å²) >= 11 is 0. The Balaban J connectivity index is 0.000000250. The Labute approximate surface area is 258 Å². The van der Waals surface area contributed by atoms with Crippen molar-refractivity contribution in [2.45, 2.75) is 77.4 Å². The number of aliphatic hydroxyl groups is 8. The first-order valence-corrected chi connectivity index (χ1v) is 13.7. The SMILES string of the molecule is Cc1nc2c(=O)[nH]c(=O)nc-2n(C[C@H](O)[C@H](O)[C@H](O)CO)c1C.Cc1nc2c(=O)nc([O-])nc-2n(C[C@H](O)[C@H](O)[C@H](O)CO)c1C. The number of rotatable bonds is 10. The molecular formula is C26H35N8O12-. The van der Waals surface area contributed by atoms with Crippen molar-refractivity contribution >= 4 is 0 Å². The summed E-state index contributed by atoms with van der Waals surface area (Å²) in [6.45, 7) is 4.59. The number of fused-ring (bicyclic) bond motifs is 2. The van der Waals surface area contributed by atoms with Gasteiger partial charge in [0, 0.05) is 11.4 Å². The summed E-state index contributed by atoms with van der Waals surface area (Å²) in [6, 6.07) is -0.980. The fourth-order valence-electron chi connectivity index (χ4n) is 4.39. The molecular weight excluding hydrogens is 616 g/mol. The van der Waals surface area contributed by atoms with Crippen LogP contribution >= 0.6 is 0 Å². The summed E-state index contributed by atoms with van der Waals surface area (Å²) in [5, 5.41) is 87.4. The van der Waals surface area contributed by atoms with Crippen LogP contribution < -0.4 is 21.9 Å². The molecule has 6 atom stereocenters. The number of aromatic nitrogens is 8. The number of aliphatic hydroxyl groups excluding tert-OH is 8. The number of H-pyrrole nitrogens is 1. The van der Waals surface area contributed by atoms with Gasteiger partial charge in [0.1, 0.15) is 36.6 Å². The third-order valence-electron chi connectivity index (χ3n) is 7.29.